The van der Waals surface area contributed by atoms with Crippen molar-refractivity contribution in [3.05, 3.63) is 30.1 Å². The third-order valence-electron chi connectivity index (χ3n) is 3.96. The van der Waals surface area contributed by atoms with Gasteiger partial charge in [-0.3, -0.25) is 4.79 Å². The number of carbonyl (C=O) groups is 1. The molecule has 1 heterocycles. The number of halogens is 1. The standard InChI is InChI=1S/C16H23FN2O3S/c1-12(2)11-18-16(20)13-7-9-19(10-8-13)23(21,22)15-6-4-3-5-14(15)17/h3-6,12-13H,7-11H2,1-2H3,(H,18,20). The molecule has 1 amide bonds. The SMILES string of the molecule is CC(C)CNC(=O)C1CCN(S(=O)(=O)c2ccccc2F)CC1. The van der Waals surface area contributed by atoms with Crippen molar-refractivity contribution in [2.75, 3.05) is 19.6 Å². The first-order valence-electron chi connectivity index (χ1n) is 7.84. The lowest BCUT2D eigenvalue weighted by Crippen LogP contribution is -2.43. The Bertz CT molecular complexity index is 653. The number of nitrogens with zero attached hydrogens (tertiary/aromatic N) is 1. The highest BCUT2D eigenvalue weighted by Gasteiger charge is 2.33. The van der Waals surface area contributed by atoms with Crippen molar-refractivity contribution in [1.29, 1.82) is 0 Å². The second-order valence-corrected chi connectivity index (χ2v) is 8.15. The minimum absolute atomic E-state index is 0.0263. The van der Waals surface area contributed by atoms with E-state index in [0.29, 0.717) is 25.3 Å². The Morgan fingerprint density at radius 3 is 2.48 bits per heavy atom. The molecule has 1 aromatic carbocycles. The van der Waals surface area contributed by atoms with E-state index >= 15 is 0 Å². The molecule has 1 N–H and O–H groups in total. The molecule has 0 aliphatic carbocycles. The lowest BCUT2D eigenvalue weighted by Gasteiger charge is -2.30. The molecule has 1 saturated heterocycles. The number of carbonyl (C=O) groups excluding carboxylic acids is 1. The van der Waals surface area contributed by atoms with Crippen LogP contribution in [0.4, 0.5) is 4.39 Å². The van der Waals surface area contributed by atoms with Crippen molar-refractivity contribution in [3.63, 3.8) is 0 Å². The van der Waals surface area contributed by atoms with Crippen molar-refractivity contribution >= 4 is 15.9 Å². The molecule has 0 atom stereocenters. The first kappa shape index (κ1) is 17.9. The van der Waals surface area contributed by atoms with Gasteiger partial charge in [-0.15, -0.1) is 0 Å². The van der Waals surface area contributed by atoms with Gasteiger partial charge < -0.3 is 5.32 Å². The van der Waals surface area contributed by atoms with Crippen LogP contribution in [0.15, 0.2) is 29.2 Å². The van der Waals surface area contributed by atoms with Crippen molar-refractivity contribution in [3.8, 4) is 0 Å². The fraction of sp³-hybridized carbons (Fsp3) is 0.562. The van der Waals surface area contributed by atoms with E-state index in [1.807, 2.05) is 13.8 Å². The highest BCUT2D eigenvalue weighted by molar-refractivity contribution is 7.89. The summed E-state index contributed by atoms with van der Waals surface area (Å²) in [5.74, 6) is -0.577. The molecule has 1 aliphatic heterocycles. The molecular weight excluding hydrogens is 319 g/mol. The van der Waals surface area contributed by atoms with Crippen molar-refractivity contribution in [2.45, 2.75) is 31.6 Å². The largest absolute Gasteiger partial charge is 0.356 e. The van der Waals surface area contributed by atoms with E-state index < -0.39 is 15.8 Å². The molecule has 1 fully saturated rings. The highest BCUT2D eigenvalue weighted by atomic mass is 32.2. The summed E-state index contributed by atoms with van der Waals surface area (Å²) >= 11 is 0. The van der Waals surface area contributed by atoms with E-state index in [1.165, 1.54) is 22.5 Å². The molecule has 5 nitrogen and oxygen atoms in total. The van der Waals surface area contributed by atoms with E-state index in [4.69, 9.17) is 0 Å². The Balaban J connectivity index is 1.99. The normalized spacial score (nSPS) is 17.4. The number of hydrogen-bond donors (Lipinski definition) is 1. The van der Waals surface area contributed by atoms with Gasteiger partial charge in [0.05, 0.1) is 0 Å². The Morgan fingerprint density at radius 1 is 1.30 bits per heavy atom. The monoisotopic (exact) mass is 342 g/mol. The van der Waals surface area contributed by atoms with Crippen molar-refractivity contribution in [1.82, 2.24) is 9.62 Å². The molecule has 0 aromatic heterocycles. The van der Waals surface area contributed by atoms with Crippen LogP contribution in [0, 0.1) is 17.7 Å². The second-order valence-electron chi connectivity index (χ2n) is 6.25. The summed E-state index contributed by atoms with van der Waals surface area (Å²) in [5, 5.41) is 2.88. The Hall–Kier alpha value is -1.47. The zero-order valence-corrected chi connectivity index (χ0v) is 14.3. The Morgan fingerprint density at radius 2 is 1.91 bits per heavy atom. The maximum absolute atomic E-state index is 13.8. The quantitative estimate of drug-likeness (QED) is 0.890. The van der Waals surface area contributed by atoms with Gasteiger partial charge >= 0.3 is 0 Å². The zero-order valence-electron chi connectivity index (χ0n) is 13.5. The number of rotatable bonds is 5. The molecular formula is C16H23FN2O3S. The summed E-state index contributed by atoms with van der Waals surface area (Å²) in [6.45, 7) is 5.12. The Labute approximate surface area is 136 Å². The summed E-state index contributed by atoms with van der Waals surface area (Å²) in [6, 6.07) is 5.37. The number of nitrogens with one attached hydrogen (secondary N) is 1. The van der Waals surface area contributed by atoms with E-state index in [0.717, 1.165) is 6.07 Å². The van der Waals surface area contributed by atoms with Crippen LogP contribution < -0.4 is 5.32 Å². The third kappa shape index (κ3) is 4.29. The van der Waals surface area contributed by atoms with Crippen LogP contribution in [0.2, 0.25) is 0 Å². The van der Waals surface area contributed by atoms with Crippen LogP contribution in [0.25, 0.3) is 0 Å². The van der Waals surface area contributed by atoms with Gasteiger partial charge in [0.15, 0.2) is 0 Å². The van der Waals surface area contributed by atoms with Gasteiger partial charge in [-0.1, -0.05) is 26.0 Å². The van der Waals surface area contributed by atoms with Crippen LogP contribution in [-0.2, 0) is 14.8 Å². The topological polar surface area (TPSA) is 66.5 Å². The molecule has 1 aromatic rings. The third-order valence-corrected chi connectivity index (χ3v) is 5.90. The lowest BCUT2D eigenvalue weighted by atomic mass is 9.97. The maximum Gasteiger partial charge on any atom is 0.245 e. The molecule has 0 radical (unpaired) electrons. The lowest BCUT2D eigenvalue weighted by molar-refractivity contribution is -0.126. The average molecular weight is 342 g/mol. The summed E-state index contributed by atoms with van der Waals surface area (Å²) < 4.78 is 40.0. The van der Waals surface area contributed by atoms with Gasteiger partial charge in [0.25, 0.3) is 0 Å². The molecule has 0 unspecified atom stereocenters. The van der Waals surface area contributed by atoms with Crippen LogP contribution in [0.5, 0.6) is 0 Å². The van der Waals surface area contributed by atoms with Crippen LogP contribution in [-0.4, -0.2) is 38.3 Å². The van der Waals surface area contributed by atoms with Crippen LogP contribution in [0.1, 0.15) is 26.7 Å². The van der Waals surface area contributed by atoms with Gasteiger partial charge in [0.1, 0.15) is 10.7 Å². The van der Waals surface area contributed by atoms with Gasteiger partial charge in [-0.25, -0.2) is 12.8 Å². The first-order chi connectivity index (χ1) is 10.8. The minimum atomic E-state index is -3.84. The fourth-order valence-corrected chi connectivity index (χ4v) is 4.14. The zero-order chi connectivity index (χ0) is 17.0. The number of benzene rings is 1. The summed E-state index contributed by atoms with van der Waals surface area (Å²) in [6.07, 6.45) is 0.912. The number of amides is 1. The van der Waals surface area contributed by atoms with E-state index in [9.17, 15) is 17.6 Å². The predicted octanol–water partition coefficient (Wildman–Crippen LogP) is 2.00. The van der Waals surface area contributed by atoms with Gasteiger partial charge in [0.2, 0.25) is 15.9 Å². The van der Waals surface area contributed by atoms with E-state index in [2.05, 4.69) is 5.32 Å². The smallest absolute Gasteiger partial charge is 0.245 e. The van der Waals surface area contributed by atoms with Crippen molar-refractivity contribution in [2.24, 2.45) is 11.8 Å². The second kappa shape index (κ2) is 7.40. The Kier molecular flexibility index (Phi) is 5.75. The molecule has 2 rings (SSSR count). The summed E-state index contributed by atoms with van der Waals surface area (Å²) in [5.41, 5.74) is 0. The number of sulfonamides is 1. The highest BCUT2D eigenvalue weighted by Crippen LogP contribution is 2.25. The molecule has 23 heavy (non-hydrogen) atoms. The average Bonchev–Trinajstić information content (AvgIpc) is 2.53. The van der Waals surface area contributed by atoms with Crippen LogP contribution >= 0.6 is 0 Å². The van der Waals surface area contributed by atoms with Gasteiger partial charge in [0, 0.05) is 25.6 Å². The first-order valence-corrected chi connectivity index (χ1v) is 9.28. The molecule has 0 bridgehead atoms. The molecule has 1 aliphatic rings. The van der Waals surface area contributed by atoms with Gasteiger partial charge in [-0.2, -0.15) is 4.31 Å². The molecule has 0 saturated carbocycles. The van der Waals surface area contributed by atoms with Crippen molar-refractivity contribution < 1.29 is 17.6 Å². The molecule has 128 valence electrons. The maximum atomic E-state index is 13.8. The predicted molar refractivity (Wildman–Crippen MR) is 85.7 cm³/mol. The van der Waals surface area contributed by atoms with E-state index in [-0.39, 0.29) is 29.8 Å². The number of piperidine rings is 1. The van der Waals surface area contributed by atoms with E-state index in [1.54, 1.807) is 0 Å². The molecule has 0 spiro atoms. The summed E-state index contributed by atoms with van der Waals surface area (Å²) in [4.78, 5) is 11.7. The number of hydrogen-bond acceptors (Lipinski definition) is 3. The van der Waals surface area contributed by atoms with Crippen LogP contribution in [0.3, 0.4) is 0 Å². The molecule has 7 heteroatoms. The fourth-order valence-electron chi connectivity index (χ4n) is 2.60. The van der Waals surface area contributed by atoms with Gasteiger partial charge in [-0.05, 0) is 30.9 Å². The summed E-state index contributed by atoms with van der Waals surface area (Å²) in [7, 11) is -3.84. The minimum Gasteiger partial charge on any atom is -0.356 e.